The van der Waals surface area contributed by atoms with Gasteiger partial charge in [0.25, 0.3) is 0 Å². The third-order valence-electron chi connectivity index (χ3n) is 4.47. The summed E-state index contributed by atoms with van der Waals surface area (Å²) in [6.07, 6.45) is 9.63. The molecular weight excluding hydrogens is 252 g/mol. The summed E-state index contributed by atoms with van der Waals surface area (Å²) in [5.41, 5.74) is 1.10. The first-order chi connectivity index (χ1) is 9.77. The number of nitrogens with zero attached hydrogens (tertiary/aromatic N) is 2. The molecule has 1 spiro atoms. The molecule has 4 nitrogen and oxygen atoms in total. The van der Waals surface area contributed by atoms with E-state index in [2.05, 4.69) is 4.98 Å². The number of pyridine rings is 1. The van der Waals surface area contributed by atoms with Gasteiger partial charge in [-0.1, -0.05) is 18.9 Å². The van der Waals surface area contributed by atoms with Crippen molar-refractivity contribution >= 4 is 5.91 Å². The van der Waals surface area contributed by atoms with E-state index in [1.54, 1.807) is 6.20 Å². The Morgan fingerprint density at radius 2 is 2.25 bits per heavy atom. The van der Waals surface area contributed by atoms with Gasteiger partial charge in [0.05, 0.1) is 12.2 Å². The number of rotatable bonds is 3. The average Bonchev–Trinajstić information content (AvgIpc) is 2.93. The van der Waals surface area contributed by atoms with Gasteiger partial charge < -0.3 is 9.64 Å². The van der Waals surface area contributed by atoms with E-state index in [1.807, 2.05) is 23.2 Å². The van der Waals surface area contributed by atoms with Crippen molar-refractivity contribution in [2.24, 2.45) is 0 Å². The van der Waals surface area contributed by atoms with E-state index < -0.39 is 0 Å². The molecule has 108 valence electrons. The van der Waals surface area contributed by atoms with Gasteiger partial charge in [-0.3, -0.25) is 9.78 Å². The molecule has 0 radical (unpaired) electrons. The second-order valence-electron chi connectivity index (χ2n) is 5.92. The van der Waals surface area contributed by atoms with Crippen LogP contribution in [-0.2, 0) is 16.0 Å². The van der Waals surface area contributed by atoms with E-state index in [1.165, 1.54) is 12.8 Å². The summed E-state index contributed by atoms with van der Waals surface area (Å²) in [7, 11) is 0. The Bertz CT molecular complexity index is 455. The predicted molar refractivity (Wildman–Crippen MR) is 76.3 cm³/mol. The van der Waals surface area contributed by atoms with Gasteiger partial charge in [-0.15, -0.1) is 0 Å². The third kappa shape index (κ3) is 3.01. The van der Waals surface area contributed by atoms with Crippen LogP contribution in [0.4, 0.5) is 0 Å². The van der Waals surface area contributed by atoms with Crippen molar-refractivity contribution in [3.8, 4) is 0 Å². The molecule has 1 aliphatic carbocycles. The summed E-state index contributed by atoms with van der Waals surface area (Å²) in [6, 6.07) is 3.94. The molecule has 0 aromatic carbocycles. The lowest BCUT2D eigenvalue weighted by atomic mass is 9.99. The molecule has 1 aromatic heterocycles. The van der Waals surface area contributed by atoms with Crippen molar-refractivity contribution in [1.82, 2.24) is 9.88 Å². The number of hydrogen-bond donors (Lipinski definition) is 0. The topological polar surface area (TPSA) is 42.4 Å². The van der Waals surface area contributed by atoms with Gasteiger partial charge >= 0.3 is 0 Å². The van der Waals surface area contributed by atoms with Crippen LogP contribution in [0.25, 0.3) is 0 Å². The molecule has 1 saturated carbocycles. The quantitative estimate of drug-likeness (QED) is 0.848. The minimum Gasteiger partial charge on any atom is -0.371 e. The minimum absolute atomic E-state index is 0.0256. The Hall–Kier alpha value is -1.42. The van der Waals surface area contributed by atoms with Crippen molar-refractivity contribution in [2.45, 2.75) is 44.1 Å². The Labute approximate surface area is 120 Å². The molecule has 2 aliphatic rings. The van der Waals surface area contributed by atoms with Crippen molar-refractivity contribution in [3.63, 3.8) is 0 Å². The second kappa shape index (κ2) is 5.92. The molecule has 4 heteroatoms. The highest BCUT2D eigenvalue weighted by Crippen LogP contribution is 2.35. The molecule has 3 rings (SSSR count). The zero-order valence-electron chi connectivity index (χ0n) is 11.9. The Morgan fingerprint density at radius 1 is 1.40 bits per heavy atom. The maximum atomic E-state index is 12.4. The fourth-order valence-electron chi connectivity index (χ4n) is 3.33. The molecule has 0 atom stereocenters. The summed E-state index contributed by atoms with van der Waals surface area (Å²) in [6.45, 7) is 2.23. The van der Waals surface area contributed by atoms with Crippen molar-refractivity contribution < 1.29 is 9.53 Å². The van der Waals surface area contributed by atoms with E-state index in [-0.39, 0.29) is 11.5 Å². The van der Waals surface area contributed by atoms with E-state index in [9.17, 15) is 4.79 Å². The second-order valence-corrected chi connectivity index (χ2v) is 5.92. The number of hydrogen-bond acceptors (Lipinski definition) is 3. The zero-order chi connectivity index (χ0) is 13.8. The van der Waals surface area contributed by atoms with Gasteiger partial charge in [0.1, 0.15) is 0 Å². The number of aromatic nitrogens is 1. The van der Waals surface area contributed by atoms with Gasteiger partial charge in [-0.05, 0) is 30.9 Å². The smallest absolute Gasteiger partial charge is 0.223 e. The number of carbonyl (C=O) groups excluding carboxylic acids is 1. The van der Waals surface area contributed by atoms with Gasteiger partial charge in [0, 0.05) is 31.9 Å². The molecule has 0 unspecified atom stereocenters. The van der Waals surface area contributed by atoms with Crippen LogP contribution in [0.2, 0.25) is 0 Å². The van der Waals surface area contributed by atoms with Crippen LogP contribution < -0.4 is 0 Å². The maximum absolute atomic E-state index is 12.4. The molecule has 2 fully saturated rings. The number of morpholine rings is 1. The van der Waals surface area contributed by atoms with Gasteiger partial charge in [-0.25, -0.2) is 0 Å². The first-order valence-corrected chi connectivity index (χ1v) is 7.58. The molecule has 2 heterocycles. The van der Waals surface area contributed by atoms with E-state index in [4.69, 9.17) is 4.74 Å². The minimum atomic E-state index is -0.0256. The average molecular weight is 274 g/mol. The highest BCUT2D eigenvalue weighted by molar-refractivity contribution is 5.76. The lowest BCUT2D eigenvalue weighted by molar-refractivity contribution is -0.149. The van der Waals surface area contributed by atoms with Gasteiger partial charge in [-0.2, -0.15) is 0 Å². The van der Waals surface area contributed by atoms with Crippen LogP contribution in [-0.4, -0.2) is 41.1 Å². The van der Waals surface area contributed by atoms with Gasteiger partial charge in [0.15, 0.2) is 0 Å². The largest absolute Gasteiger partial charge is 0.371 e. The monoisotopic (exact) mass is 274 g/mol. The summed E-state index contributed by atoms with van der Waals surface area (Å²) in [4.78, 5) is 18.5. The molecule has 0 N–H and O–H groups in total. The molecule has 1 aliphatic heterocycles. The lowest BCUT2D eigenvalue weighted by Crippen LogP contribution is -2.52. The molecule has 1 aromatic rings. The molecule has 20 heavy (non-hydrogen) atoms. The summed E-state index contributed by atoms with van der Waals surface area (Å²) in [5.74, 6) is 0.253. The molecule has 1 saturated heterocycles. The van der Waals surface area contributed by atoms with Crippen molar-refractivity contribution in [3.05, 3.63) is 30.1 Å². The van der Waals surface area contributed by atoms with Crippen LogP contribution in [0, 0.1) is 0 Å². The molecule has 0 bridgehead atoms. The first-order valence-electron chi connectivity index (χ1n) is 7.58. The number of carbonyl (C=O) groups is 1. The normalized spacial score (nSPS) is 21.3. The highest BCUT2D eigenvalue weighted by Gasteiger charge is 2.40. The van der Waals surface area contributed by atoms with Crippen LogP contribution >= 0.6 is 0 Å². The van der Waals surface area contributed by atoms with Crippen LogP contribution in [0.1, 0.15) is 37.7 Å². The standard InChI is InChI=1S/C16H22N2O2/c19-15(6-5-14-4-3-9-17-12-14)18-10-11-20-16(13-18)7-1-2-8-16/h3-4,9,12H,1-2,5-8,10-11,13H2. The number of ether oxygens (including phenoxy) is 1. The molecular formula is C16H22N2O2. The Balaban J connectivity index is 1.54. The number of aryl methyl sites for hydroxylation is 1. The van der Waals surface area contributed by atoms with E-state index in [0.717, 1.165) is 37.9 Å². The fourth-order valence-corrected chi connectivity index (χ4v) is 3.33. The van der Waals surface area contributed by atoms with Crippen molar-refractivity contribution in [2.75, 3.05) is 19.7 Å². The highest BCUT2D eigenvalue weighted by atomic mass is 16.5. The maximum Gasteiger partial charge on any atom is 0.223 e. The fraction of sp³-hybridized carbons (Fsp3) is 0.625. The lowest BCUT2D eigenvalue weighted by Gasteiger charge is -2.40. The summed E-state index contributed by atoms with van der Waals surface area (Å²) in [5, 5.41) is 0. The summed E-state index contributed by atoms with van der Waals surface area (Å²) >= 11 is 0. The van der Waals surface area contributed by atoms with Crippen LogP contribution in [0.5, 0.6) is 0 Å². The van der Waals surface area contributed by atoms with Crippen LogP contribution in [0.15, 0.2) is 24.5 Å². The SMILES string of the molecule is O=C(CCc1cccnc1)N1CCOC2(CCCC2)C1. The predicted octanol–water partition coefficient (Wildman–Crippen LogP) is 2.19. The Kier molecular flexibility index (Phi) is 4.01. The Morgan fingerprint density at radius 3 is 3.00 bits per heavy atom. The third-order valence-corrected chi connectivity index (χ3v) is 4.47. The van der Waals surface area contributed by atoms with Gasteiger partial charge in [0.2, 0.25) is 5.91 Å². The van der Waals surface area contributed by atoms with Crippen molar-refractivity contribution in [1.29, 1.82) is 0 Å². The number of amides is 1. The summed E-state index contributed by atoms with van der Waals surface area (Å²) < 4.78 is 5.97. The first kappa shape index (κ1) is 13.6. The van der Waals surface area contributed by atoms with E-state index in [0.29, 0.717) is 13.0 Å². The molecule has 1 amide bonds. The van der Waals surface area contributed by atoms with Crippen LogP contribution in [0.3, 0.4) is 0 Å². The van der Waals surface area contributed by atoms with E-state index >= 15 is 0 Å². The zero-order valence-corrected chi connectivity index (χ0v) is 11.9.